The lowest BCUT2D eigenvalue weighted by Crippen LogP contribution is -2.21. The number of hydrogen-bond acceptors (Lipinski definition) is 4. The Morgan fingerprint density at radius 1 is 1.00 bits per heavy atom. The third-order valence-electron chi connectivity index (χ3n) is 3.44. The van der Waals surface area contributed by atoms with Crippen LogP contribution in [-0.4, -0.2) is 8.42 Å². The van der Waals surface area contributed by atoms with Crippen LogP contribution in [-0.2, 0) is 9.84 Å². The van der Waals surface area contributed by atoms with Crippen LogP contribution in [0.4, 0.5) is 11.4 Å². The average molecular weight is 296 g/mol. The molecule has 3 rings (SSSR count). The number of nitriles is 1. The van der Waals surface area contributed by atoms with Crippen LogP contribution in [0.15, 0.2) is 64.5 Å². The molecule has 21 heavy (non-hydrogen) atoms. The van der Waals surface area contributed by atoms with Gasteiger partial charge in [0.1, 0.15) is 6.07 Å². The van der Waals surface area contributed by atoms with Gasteiger partial charge in [0.2, 0.25) is 9.84 Å². The number of benzene rings is 2. The highest BCUT2D eigenvalue weighted by molar-refractivity contribution is 7.95. The van der Waals surface area contributed by atoms with Crippen LogP contribution >= 0.6 is 0 Å². The first-order valence-corrected chi connectivity index (χ1v) is 7.85. The van der Waals surface area contributed by atoms with Gasteiger partial charge in [0.05, 0.1) is 10.6 Å². The monoisotopic (exact) mass is 296 g/mol. The molecular weight excluding hydrogens is 284 g/mol. The van der Waals surface area contributed by atoms with Crippen molar-refractivity contribution in [3.63, 3.8) is 0 Å². The Kier molecular flexibility index (Phi) is 3.04. The largest absolute Gasteiger partial charge is 0.314 e. The molecule has 0 aliphatic carbocycles. The second-order valence-corrected chi connectivity index (χ2v) is 6.62. The summed E-state index contributed by atoms with van der Waals surface area (Å²) < 4.78 is 24.8. The van der Waals surface area contributed by atoms with Crippen molar-refractivity contribution < 1.29 is 8.42 Å². The first-order valence-electron chi connectivity index (χ1n) is 6.36. The second kappa shape index (κ2) is 4.76. The van der Waals surface area contributed by atoms with Gasteiger partial charge in [0.25, 0.3) is 0 Å². The summed E-state index contributed by atoms with van der Waals surface area (Å²) in [4.78, 5) is 1.67. The molecule has 0 radical (unpaired) electrons. The van der Waals surface area contributed by atoms with Crippen LogP contribution in [0, 0.1) is 18.3 Å². The molecule has 0 N–H and O–H groups in total. The summed E-state index contributed by atoms with van der Waals surface area (Å²) in [6.45, 7) is 1.95. The van der Waals surface area contributed by atoms with E-state index in [1.54, 1.807) is 29.2 Å². The molecule has 1 heterocycles. The molecule has 0 spiro atoms. The molecule has 0 atom stereocenters. The summed E-state index contributed by atoms with van der Waals surface area (Å²) >= 11 is 0. The predicted octanol–water partition coefficient (Wildman–Crippen LogP) is 3.29. The fraction of sp³-hybridized carbons (Fsp3) is 0.0625. The van der Waals surface area contributed by atoms with Crippen molar-refractivity contribution in [3.05, 3.63) is 65.2 Å². The number of sulfone groups is 1. The van der Waals surface area contributed by atoms with Gasteiger partial charge in [-0.15, -0.1) is 0 Å². The number of allylic oxidation sites excluding steroid dienone is 1. The molecular formula is C16H12N2O2S. The summed E-state index contributed by atoms with van der Waals surface area (Å²) in [5.74, 6) is 0. The van der Waals surface area contributed by atoms with Crippen molar-refractivity contribution in [1.29, 1.82) is 5.26 Å². The zero-order valence-corrected chi connectivity index (χ0v) is 12.1. The minimum absolute atomic E-state index is 0.160. The van der Waals surface area contributed by atoms with E-state index in [4.69, 9.17) is 5.26 Å². The molecule has 1 aliphatic heterocycles. The third kappa shape index (κ3) is 2.01. The quantitative estimate of drug-likeness (QED) is 0.810. The van der Waals surface area contributed by atoms with Crippen molar-refractivity contribution in [3.8, 4) is 6.07 Å². The van der Waals surface area contributed by atoms with Gasteiger partial charge in [-0.05, 0) is 30.7 Å². The van der Waals surface area contributed by atoms with E-state index in [1.807, 2.05) is 31.2 Å². The Bertz CT molecular complexity index is 892. The van der Waals surface area contributed by atoms with E-state index < -0.39 is 9.84 Å². The fourth-order valence-corrected chi connectivity index (χ4v) is 3.68. The number of para-hydroxylation sites is 2. The van der Waals surface area contributed by atoms with Crippen molar-refractivity contribution in [2.45, 2.75) is 11.8 Å². The standard InChI is InChI=1S/C16H12N2O2S/c1-12-6-2-3-7-14(12)18-11-13(10-17)21(19,20)16-9-5-4-8-15(16)18/h2-9,11H,1H3. The Hall–Kier alpha value is -2.58. The maximum absolute atomic E-state index is 12.4. The van der Waals surface area contributed by atoms with Crippen molar-refractivity contribution >= 4 is 21.2 Å². The zero-order chi connectivity index (χ0) is 15.0. The zero-order valence-electron chi connectivity index (χ0n) is 11.3. The van der Waals surface area contributed by atoms with Crippen LogP contribution in [0.1, 0.15) is 5.56 Å². The number of hydrogen-bond donors (Lipinski definition) is 0. The molecule has 4 nitrogen and oxygen atoms in total. The van der Waals surface area contributed by atoms with Crippen LogP contribution in [0.25, 0.3) is 0 Å². The van der Waals surface area contributed by atoms with Gasteiger partial charge in [0, 0.05) is 11.9 Å². The van der Waals surface area contributed by atoms with E-state index in [-0.39, 0.29) is 9.80 Å². The molecule has 0 amide bonds. The summed E-state index contributed by atoms with van der Waals surface area (Å²) in [6, 6.07) is 16.1. The van der Waals surface area contributed by atoms with E-state index in [2.05, 4.69) is 0 Å². The average Bonchev–Trinajstić information content (AvgIpc) is 2.49. The second-order valence-electron chi connectivity index (χ2n) is 4.73. The van der Waals surface area contributed by atoms with E-state index in [0.29, 0.717) is 5.69 Å². The van der Waals surface area contributed by atoms with Gasteiger partial charge in [0.15, 0.2) is 4.91 Å². The minimum atomic E-state index is -3.73. The van der Waals surface area contributed by atoms with Crippen molar-refractivity contribution in [2.24, 2.45) is 0 Å². The molecule has 1 aliphatic rings. The first kappa shape index (κ1) is 13.4. The Morgan fingerprint density at radius 3 is 2.29 bits per heavy atom. The molecule has 0 unspecified atom stereocenters. The number of fused-ring (bicyclic) bond motifs is 1. The topological polar surface area (TPSA) is 61.2 Å². The Balaban J connectivity index is 2.33. The normalized spacial score (nSPS) is 15.8. The number of nitrogens with zero attached hydrogens (tertiary/aromatic N) is 2. The Labute approximate surface area is 123 Å². The van der Waals surface area contributed by atoms with Gasteiger partial charge in [-0.1, -0.05) is 30.3 Å². The highest BCUT2D eigenvalue weighted by Gasteiger charge is 2.31. The minimum Gasteiger partial charge on any atom is -0.314 e. The molecule has 0 bridgehead atoms. The molecule has 2 aromatic carbocycles. The SMILES string of the molecule is Cc1ccccc1N1C=C(C#N)S(=O)(=O)c2ccccc21. The number of rotatable bonds is 1. The highest BCUT2D eigenvalue weighted by atomic mass is 32.2. The van der Waals surface area contributed by atoms with Gasteiger partial charge >= 0.3 is 0 Å². The molecule has 104 valence electrons. The van der Waals surface area contributed by atoms with Gasteiger partial charge in [-0.3, -0.25) is 0 Å². The lowest BCUT2D eigenvalue weighted by Gasteiger charge is -2.28. The van der Waals surface area contributed by atoms with E-state index in [1.165, 1.54) is 12.3 Å². The third-order valence-corrected chi connectivity index (χ3v) is 5.14. The van der Waals surface area contributed by atoms with Gasteiger partial charge < -0.3 is 4.90 Å². The molecule has 0 aromatic heterocycles. The maximum atomic E-state index is 12.4. The van der Waals surface area contributed by atoms with Gasteiger partial charge in [-0.25, -0.2) is 8.42 Å². The van der Waals surface area contributed by atoms with Crippen LogP contribution in [0.3, 0.4) is 0 Å². The summed E-state index contributed by atoms with van der Waals surface area (Å²) in [5.41, 5.74) is 2.42. The lowest BCUT2D eigenvalue weighted by molar-refractivity contribution is 0.602. The Morgan fingerprint density at radius 2 is 1.62 bits per heavy atom. The molecule has 0 saturated heterocycles. The summed E-state index contributed by atoms with van der Waals surface area (Å²) in [5, 5.41) is 9.16. The summed E-state index contributed by atoms with van der Waals surface area (Å²) in [7, 11) is -3.73. The van der Waals surface area contributed by atoms with Crippen LogP contribution < -0.4 is 4.90 Å². The number of aryl methyl sites for hydroxylation is 1. The predicted molar refractivity (Wildman–Crippen MR) is 80.6 cm³/mol. The lowest BCUT2D eigenvalue weighted by atomic mass is 10.1. The smallest absolute Gasteiger partial charge is 0.220 e. The molecule has 2 aromatic rings. The van der Waals surface area contributed by atoms with Crippen LogP contribution in [0.5, 0.6) is 0 Å². The van der Waals surface area contributed by atoms with E-state index in [0.717, 1.165) is 11.3 Å². The molecule has 0 saturated carbocycles. The fourth-order valence-electron chi connectivity index (χ4n) is 2.38. The van der Waals surface area contributed by atoms with Crippen molar-refractivity contribution in [2.75, 3.05) is 4.90 Å². The molecule has 0 fully saturated rings. The van der Waals surface area contributed by atoms with Crippen molar-refractivity contribution in [1.82, 2.24) is 0 Å². The summed E-state index contributed by atoms with van der Waals surface area (Å²) in [6.07, 6.45) is 1.39. The first-order chi connectivity index (χ1) is 10.1. The maximum Gasteiger partial charge on any atom is 0.220 e. The molecule has 5 heteroatoms. The number of anilines is 2. The van der Waals surface area contributed by atoms with Crippen LogP contribution in [0.2, 0.25) is 0 Å². The highest BCUT2D eigenvalue weighted by Crippen LogP contribution is 2.39. The van der Waals surface area contributed by atoms with Gasteiger partial charge in [-0.2, -0.15) is 5.26 Å². The van der Waals surface area contributed by atoms with E-state index in [9.17, 15) is 8.42 Å². The van der Waals surface area contributed by atoms with E-state index >= 15 is 0 Å².